The van der Waals surface area contributed by atoms with E-state index in [1.54, 1.807) is 14.0 Å². The zero-order chi connectivity index (χ0) is 26.6. The maximum Gasteiger partial charge on any atom is 0.341 e. The van der Waals surface area contributed by atoms with Crippen molar-refractivity contribution in [2.24, 2.45) is 0 Å². The van der Waals surface area contributed by atoms with Gasteiger partial charge in [0.2, 0.25) is 10.0 Å². The summed E-state index contributed by atoms with van der Waals surface area (Å²) in [5.74, 6) is -0.814. The third kappa shape index (κ3) is 6.08. The number of carbonyl (C=O) groups excluding carboxylic acids is 2. The molecule has 2 aliphatic rings. The second-order valence-corrected chi connectivity index (χ2v) is 12.8. The SMILES string of the molecule is CCCN1CCc2c(sc(NC(=O)c3ccc(S(=O)(=O)N(C)C4CCCCC4)cc3)c2C(=O)OCC)C1. The summed E-state index contributed by atoms with van der Waals surface area (Å²) in [6.07, 6.45) is 6.77. The van der Waals surface area contributed by atoms with Crippen LogP contribution < -0.4 is 5.32 Å². The molecule has 10 heteroatoms. The van der Waals surface area contributed by atoms with E-state index in [0.717, 1.165) is 75.0 Å². The first-order valence-corrected chi connectivity index (χ1v) is 15.4. The van der Waals surface area contributed by atoms with Crippen molar-refractivity contribution < 1.29 is 22.7 Å². The number of benzene rings is 1. The smallest absolute Gasteiger partial charge is 0.341 e. The van der Waals surface area contributed by atoms with Crippen LogP contribution in [0, 0.1) is 0 Å². The number of anilines is 1. The fourth-order valence-electron chi connectivity index (χ4n) is 5.23. The van der Waals surface area contributed by atoms with Gasteiger partial charge in [-0.25, -0.2) is 13.2 Å². The molecule has 1 aromatic heterocycles. The van der Waals surface area contributed by atoms with Gasteiger partial charge in [0, 0.05) is 36.6 Å². The summed E-state index contributed by atoms with van der Waals surface area (Å²) in [5, 5.41) is 3.39. The number of thiophene rings is 1. The van der Waals surface area contributed by atoms with Crippen LogP contribution in [0.15, 0.2) is 29.2 Å². The lowest BCUT2D eigenvalue weighted by atomic mass is 9.96. The molecule has 4 rings (SSSR count). The lowest BCUT2D eigenvalue weighted by molar-refractivity contribution is 0.0526. The van der Waals surface area contributed by atoms with Crippen molar-refractivity contribution in [3.8, 4) is 0 Å². The van der Waals surface area contributed by atoms with Gasteiger partial charge in [-0.05, 0) is 69.0 Å². The molecule has 0 unspecified atom stereocenters. The highest BCUT2D eigenvalue weighted by atomic mass is 32.2. The molecular formula is C27H37N3O5S2. The number of ether oxygens (including phenoxy) is 1. The van der Waals surface area contributed by atoms with Gasteiger partial charge in [-0.15, -0.1) is 11.3 Å². The number of nitrogens with zero attached hydrogens (tertiary/aromatic N) is 2. The number of carbonyl (C=O) groups is 2. The van der Waals surface area contributed by atoms with Gasteiger partial charge in [0.05, 0.1) is 17.1 Å². The first kappa shape index (κ1) is 27.8. The van der Waals surface area contributed by atoms with E-state index in [1.807, 2.05) is 0 Å². The molecule has 0 saturated heterocycles. The van der Waals surface area contributed by atoms with Crippen molar-refractivity contribution in [3.63, 3.8) is 0 Å². The summed E-state index contributed by atoms with van der Waals surface area (Å²) in [7, 11) is -2.00. The van der Waals surface area contributed by atoms with Gasteiger partial charge < -0.3 is 10.1 Å². The average Bonchev–Trinajstić information content (AvgIpc) is 3.26. The predicted molar refractivity (Wildman–Crippen MR) is 146 cm³/mol. The van der Waals surface area contributed by atoms with Crippen LogP contribution in [-0.4, -0.2) is 62.3 Å². The quantitative estimate of drug-likeness (QED) is 0.449. The van der Waals surface area contributed by atoms with Crippen LogP contribution in [0.1, 0.15) is 83.5 Å². The normalized spacial score (nSPS) is 17.0. The number of amides is 1. The molecule has 2 heterocycles. The lowest BCUT2D eigenvalue weighted by Gasteiger charge is -2.30. The first-order valence-electron chi connectivity index (χ1n) is 13.2. The van der Waals surface area contributed by atoms with E-state index in [2.05, 4.69) is 17.1 Å². The standard InChI is InChI=1S/C27H37N3O5S2/c1-4-16-30-17-15-22-23(18-30)36-26(24(22)27(32)35-5-2)28-25(31)19-11-13-21(14-12-19)37(33,34)29(3)20-9-7-6-8-10-20/h11-14,20H,4-10,15-18H2,1-3H3,(H,28,31). The Kier molecular flexibility index (Phi) is 9.05. The van der Waals surface area contributed by atoms with Crippen molar-refractivity contribution in [1.29, 1.82) is 0 Å². The molecule has 2 aromatic rings. The van der Waals surface area contributed by atoms with Crippen molar-refractivity contribution in [1.82, 2.24) is 9.21 Å². The Balaban J connectivity index is 1.53. The number of fused-ring (bicyclic) bond motifs is 1. The van der Waals surface area contributed by atoms with Gasteiger partial charge in [0.15, 0.2) is 0 Å². The van der Waals surface area contributed by atoms with E-state index < -0.39 is 16.0 Å². The highest BCUT2D eigenvalue weighted by molar-refractivity contribution is 7.89. The predicted octanol–water partition coefficient (Wildman–Crippen LogP) is 4.90. The fraction of sp³-hybridized carbons (Fsp3) is 0.556. The van der Waals surface area contributed by atoms with E-state index in [4.69, 9.17) is 4.74 Å². The van der Waals surface area contributed by atoms with Gasteiger partial charge in [0.1, 0.15) is 5.00 Å². The van der Waals surface area contributed by atoms with Crippen LogP contribution in [-0.2, 0) is 27.7 Å². The minimum atomic E-state index is -3.64. The highest BCUT2D eigenvalue weighted by Gasteiger charge is 2.31. The van der Waals surface area contributed by atoms with Crippen LogP contribution in [0.3, 0.4) is 0 Å². The van der Waals surface area contributed by atoms with Crippen molar-refractivity contribution in [3.05, 3.63) is 45.8 Å². The van der Waals surface area contributed by atoms with Crippen LogP contribution in [0.2, 0.25) is 0 Å². The first-order chi connectivity index (χ1) is 17.8. The van der Waals surface area contributed by atoms with Crippen molar-refractivity contribution >= 4 is 38.2 Å². The van der Waals surface area contributed by atoms with Gasteiger partial charge in [-0.1, -0.05) is 26.2 Å². The molecule has 1 amide bonds. The summed E-state index contributed by atoms with van der Waals surface area (Å²) in [5.41, 5.74) is 1.73. The maximum absolute atomic E-state index is 13.1. The molecule has 202 valence electrons. The lowest BCUT2D eigenvalue weighted by Crippen LogP contribution is -2.38. The molecule has 1 aromatic carbocycles. The number of nitrogens with one attached hydrogen (secondary N) is 1. The van der Waals surface area contributed by atoms with E-state index in [-0.39, 0.29) is 23.5 Å². The molecule has 1 fully saturated rings. The van der Waals surface area contributed by atoms with Crippen molar-refractivity contribution in [2.45, 2.75) is 76.3 Å². The highest BCUT2D eigenvalue weighted by Crippen LogP contribution is 2.38. The molecule has 0 radical (unpaired) electrons. The number of rotatable bonds is 9. The topological polar surface area (TPSA) is 96.0 Å². The summed E-state index contributed by atoms with van der Waals surface area (Å²) >= 11 is 1.42. The summed E-state index contributed by atoms with van der Waals surface area (Å²) in [6.45, 7) is 6.76. The molecule has 1 saturated carbocycles. The second kappa shape index (κ2) is 12.1. The monoisotopic (exact) mass is 547 g/mol. The fourth-order valence-corrected chi connectivity index (χ4v) is 7.92. The van der Waals surface area contributed by atoms with Crippen LogP contribution in [0.5, 0.6) is 0 Å². The molecule has 37 heavy (non-hydrogen) atoms. The van der Waals surface area contributed by atoms with E-state index in [0.29, 0.717) is 16.1 Å². The van der Waals surface area contributed by atoms with E-state index in [9.17, 15) is 18.0 Å². The Morgan fingerprint density at radius 3 is 2.49 bits per heavy atom. The Labute approximate surface area is 224 Å². The van der Waals surface area contributed by atoms with E-state index >= 15 is 0 Å². The number of hydrogen-bond donors (Lipinski definition) is 1. The van der Waals surface area contributed by atoms with Crippen LogP contribution in [0.25, 0.3) is 0 Å². The minimum absolute atomic E-state index is 0.0149. The Hall–Kier alpha value is -2.27. The van der Waals surface area contributed by atoms with Crippen molar-refractivity contribution in [2.75, 3.05) is 32.1 Å². The molecule has 1 aliphatic carbocycles. The Bertz CT molecular complexity index is 1220. The molecule has 0 spiro atoms. The van der Waals surface area contributed by atoms with E-state index in [1.165, 1.54) is 39.9 Å². The Morgan fingerprint density at radius 1 is 1.14 bits per heavy atom. The van der Waals surface area contributed by atoms with Gasteiger partial charge >= 0.3 is 5.97 Å². The molecule has 8 nitrogen and oxygen atoms in total. The van der Waals surface area contributed by atoms with Crippen LogP contribution in [0.4, 0.5) is 5.00 Å². The molecule has 1 aliphatic heterocycles. The molecule has 1 N–H and O–H groups in total. The Morgan fingerprint density at radius 2 is 1.84 bits per heavy atom. The van der Waals surface area contributed by atoms with Gasteiger partial charge in [-0.3, -0.25) is 9.69 Å². The summed E-state index contributed by atoms with van der Waals surface area (Å²) in [4.78, 5) is 29.6. The third-order valence-corrected chi connectivity index (χ3v) is 10.3. The minimum Gasteiger partial charge on any atom is -0.462 e. The second-order valence-electron chi connectivity index (χ2n) is 9.75. The van der Waals surface area contributed by atoms with Crippen LogP contribution >= 0.6 is 11.3 Å². The van der Waals surface area contributed by atoms with Gasteiger partial charge in [0.25, 0.3) is 5.91 Å². The number of hydrogen-bond acceptors (Lipinski definition) is 7. The van der Waals surface area contributed by atoms with Gasteiger partial charge in [-0.2, -0.15) is 4.31 Å². The molecular weight excluding hydrogens is 510 g/mol. The average molecular weight is 548 g/mol. The molecule has 0 atom stereocenters. The number of esters is 1. The summed E-state index contributed by atoms with van der Waals surface area (Å²) in [6, 6.07) is 6.03. The zero-order valence-electron chi connectivity index (χ0n) is 21.9. The largest absolute Gasteiger partial charge is 0.462 e. The zero-order valence-corrected chi connectivity index (χ0v) is 23.6. The third-order valence-electron chi connectivity index (χ3n) is 7.26. The summed E-state index contributed by atoms with van der Waals surface area (Å²) < 4.78 is 33.1. The maximum atomic E-state index is 13.1. The molecule has 0 bridgehead atoms. The number of sulfonamides is 1.